The number of nitrogens with one attached hydrogen (secondary N) is 2. The van der Waals surface area contributed by atoms with Crippen molar-refractivity contribution in [3.05, 3.63) is 36.0 Å². The van der Waals surface area contributed by atoms with Gasteiger partial charge < -0.3 is 19.9 Å². The highest BCUT2D eigenvalue weighted by Gasteiger charge is 2.25. The van der Waals surface area contributed by atoms with Gasteiger partial charge in [-0.25, -0.2) is 4.79 Å². The Hall–Kier alpha value is -2.01. The maximum absolute atomic E-state index is 12.2. The molecular weight excluding hydrogens is 278 g/mol. The van der Waals surface area contributed by atoms with Crippen LogP contribution >= 0.6 is 0 Å². The number of H-pyrrole nitrogens is 1. The summed E-state index contributed by atoms with van der Waals surface area (Å²) in [5.41, 5.74) is 2.37. The number of carbonyl (C=O) groups is 1. The first-order valence-electron chi connectivity index (χ1n) is 7.86. The molecule has 2 heterocycles. The molecule has 1 saturated heterocycles. The molecule has 2 N–H and O–H groups in total. The van der Waals surface area contributed by atoms with Gasteiger partial charge in [-0.1, -0.05) is 18.2 Å². The van der Waals surface area contributed by atoms with Crippen molar-refractivity contribution in [3.8, 4) is 0 Å². The molecule has 118 valence electrons. The number of amides is 2. The molecule has 3 rings (SSSR count). The Bertz CT molecular complexity index is 642. The zero-order valence-electron chi connectivity index (χ0n) is 13.1. The van der Waals surface area contributed by atoms with Gasteiger partial charge in [-0.2, -0.15) is 0 Å². The molecule has 2 aromatic rings. The Kier molecular flexibility index (Phi) is 4.34. The lowest BCUT2D eigenvalue weighted by Gasteiger charge is -2.35. The molecule has 2 amide bonds. The van der Waals surface area contributed by atoms with Crippen molar-refractivity contribution in [1.82, 2.24) is 15.2 Å². The zero-order chi connectivity index (χ0) is 15.5. The average molecular weight is 301 g/mol. The summed E-state index contributed by atoms with van der Waals surface area (Å²) in [7, 11) is 0. The molecule has 1 aliphatic rings. The van der Waals surface area contributed by atoms with Crippen LogP contribution in [-0.4, -0.2) is 47.8 Å². The molecule has 5 heteroatoms. The number of aromatic nitrogens is 1. The van der Waals surface area contributed by atoms with Crippen LogP contribution in [0.3, 0.4) is 0 Å². The smallest absolute Gasteiger partial charge is 0.317 e. The molecule has 22 heavy (non-hydrogen) atoms. The highest BCUT2D eigenvalue weighted by molar-refractivity contribution is 5.83. The molecule has 5 nitrogen and oxygen atoms in total. The fourth-order valence-corrected chi connectivity index (χ4v) is 3.10. The van der Waals surface area contributed by atoms with Gasteiger partial charge in [0.2, 0.25) is 0 Å². The number of rotatable bonds is 3. The standard InChI is InChI=1S/C17H23N3O2/c1-12-10-20(11-13(2)22-12)17(21)18-8-7-14-9-19-16-6-4-3-5-15(14)16/h3-6,9,12-13,19H,7-8,10-11H2,1-2H3,(H,18,21). The maximum Gasteiger partial charge on any atom is 0.317 e. The van der Waals surface area contributed by atoms with Gasteiger partial charge in [-0.05, 0) is 31.9 Å². The number of urea groups is 1. The summed E-state index contributed by atoms with van der Waals surface area (Å²) in [5.74, 6) is 0. The second-order valence-corrected chi connectivity index (χ2v) is 6.00. The molecule has 1 aliphatic heterocycles. The Morgan fingerprint density at radius 1 is 1.32 bits per heavy atom. The van der Waals surface area contributed by atoms with Crippen LogP contribution in [0.5, 0.6) is 0 Å². The van der Waals surface area contributed by atoms with Crippen LogP contribution in [0.4, 0.5) is 4.79 Å². The van der Waals surface area contributed by atoms with Crippen molar-refractivity contribution in [2.75, 3.05) is 19.6 Å². The molecule has 1 aromatic heterocycles. The van der Waals surface area contributed by atoms with Gasteiger partial charge in [0.25, 0.3) is 0 Å². The predicted molar refractivity (Wildman–Crippen MR) is 87.0 cm³/mol. The normalized spacial score (nSPS) is 22.0. The first-order valence-corrected chi connectivity index (χ1v) is 7.86. The van der Waals surface area contributed by atoms with E-state index in [2.05, 4.69) is 22.4 Å². The van der Waals surface area contributed by atoms with Crippen LogP contribution in [0, 0.1) is 0 Å². The van der Waals surface area contributed by atoms with Crippen LogP contribution in [0.1, 0.15) is 19.4 Å². The third-order valence-electron chi connectivity index (χ3n) is 4.05. The van der Waals surface area contributed by atoms with E-state index in [9.17, 15) is 4.79 Å². The monoisotopic (exact) mass is 301 g/mol. The quantitative estimate of drug-likeness (QED) is 0.915. The Labute approximate surface area is 130 Å². The van der Waals surface area contributed by atoms with Gasteiger partial charge in [-0.3, -0.25) is 0 Å². The number of hydrogen-bond donors (Lipinski definition) is 2. The molecule has 0 spiro atoms. The number of hydrogen-bond acceptors (Lipinski definition) is 2. The van der Waals surface area contributed by atoms with Gasteiger partial charge in [0.05, 0.1) is 12.2 Å². The fraction of sp³-hybridized carbons (Fsp3) is 0.471. The summed E-state index contributed by atoms with van der Waals surface area (Å²) in [6.45, 7) is 5.96. The molecule has 1 fully saturated rings. The third kappa shape index (κ3) is 3.25. The predicted octanol–water partition coefficient (Wildman–Crippen LogP) is 2.53. The number of benzene rings is 1. The summed E-state index contributed by atoms with van der Waals surface area (Å²) in [4.78, 5) is 17.3. The highest BCUT2D eigenvalue weighted by atomic mass is 16.5. The van der Waals surface area contributed by atoms with E-state index in [-0.39, 0.29) is 18.2 Å². The second kappa shape index (κ2) is 6.40. The average Bonchev–Trinajstić information content (AvgIpc) is 2.90. The zero-order valence-corrected chi connectivity index (χ0v) is 13.1. The molecule has 0 bridgehead atoms. The number of fused-ring (bicyclic) bond motifs is 1. The van der Waals surface area contributed by atoms with Gasteiger partial charge in [0.15, 0.2) is 0 Å². The lowest BCUT2D eigenvalue weighted by Crippen LogP contribution is -2.51. The van der Waals surface area contributed by atoms with E-state index in [4.69, 9.17) is 4.74 Å². The van der Waals surface area contributed by atoms with Gasteiger partial charge in [0.1, 0.15) is 0 Å². The minimum Gasteiger partial charge on any atom is -0.372 e. The third-order valence-corrected chi connectivity index (χ3v) is 4.05. The van der Waals surface area contributed by atoms with Crippen LogP contribution in [-0.2, 0) is 11.2 Å². The molecule has 0 aliphatic carbocycles. The molecule has 2 atom stereocenters. The number of nitrogens with zero attached hydrogens (tertiary/aromatic N) is 1. The minimum atomic E-state index is 0.00170. The van der Waals surface area contributed by atoms with E-state index in [1.54, 1.807) is 0 Å². The lowest BCUT2D eigenvalue weighted by atomic mass is 10.1. The summed E-state index contributed by atoms with van der Waals surface area (Å²) in [5, 5.41) is 4.24. The number of morpholine rings is 1. The molecule has 2 unspecified atom stereocenters. The number of aromatic amines is 1. The van der Waals surface area contributed by atoms with Crippen molar-refractivity contribution in [2.24, 2.45) is 0 Å². The van der Waals surface area contributed by atoms with E-state index in [1.807, 2.05) is 37.1 Å². The topological polar surface area (TPSA) is 57.4 Å². The van der Waals surface area contributed by atoms with Crippen molar-refractivity contribution in [3.63, 3.8) is 0 Å². The first-order chi connectivity index (χ1) is 10.6. The van der Waals surface area contributed by atoms with Crippen molar-refractivity contribution < 1.29 is 9.53 Å². The molecule has 0 saturated carbocycles. The fourth-order valence-electron chi connectivity index (χ4n) is 3.10. The van der Waals surface area contributed by atoms with E-state index >= 15 is 0 Å². The number of ether oxygens (including phenoxy) is 1. The van der Waals surface area contributed by atoms with E-state index < -0.39 is 0 Å². The van der Waals surface area contributed by atoms with E-state index in [0.717, 1.165) is 11.9 Å². The highest BCUT2D eigenvalue weighted by Crippen LogP contribution is 2.17. The van der Waals surface area contributed by atoms with Gasteiger partial charge in [-0.15, -0.1) is 0 Å². The maximum atomic E-state index is 12.2. The summed E-state index contributed by atoms with van der Waals surface area (Å²) >= 11 is 0. The van der Waals surface area contributed by atoms with Crippen LogP contribution in [0.2, 0.25) is 0 Å². The Balaban J connectivity index is 1.53. The van der Waals surface area contributed by atoms with Crippen LogP contribution in [0.25, 0.3) is 10.9 Å². The molecule has 0 radical (unpaired) electrons. The lowest BCUT2D eigenvalue weighted by molar-refractivity contribution is -0.0544. The first kappa shape index (κ1) is 14.9. The van der Waals surface area contributed by atoms with Gasteiger partial charge in [0, 0.05) is 36.7 Å². The van der Waals surface area contributed by atoms with Crippen molar-refractivity contribution >= 4 is 16.9 Å². The summed E-state index contributed by atoms with van der Waals surface area (Å²) in [6.07, 6.45) is 3.05. The van der Waals surface area contributed by atoms with E-state index in [0.29, 0.717) is 19.6 Å². The van der Waals surface area contributed by atoms with Crippen LogP contribution in [0.15, 0.2) is 30.5 Å². The minimum absolute atomic E-state index is 0.00170. The number of carbonyl (C=O) groups excluding carboxylic acids is 1. The summed E-state index contributed by atoms with van der Waals surface area (Å²) < 4.78 is 5.65. The second-order valence-electron chi connectivity index (χ2n) is 6.00. The van der Waals surface area contributed by atoms with Crippen molar-refractivity contribution in [2.45, 2.75) is 32.5 Å². The number of para-hydroxylation sites is 1. The largest absolute Gasteiger partial charge is 0.372 e. The Morgan fingerprint density at radius 3 is 2.82 bits per heavy atom. The molecular formula is C17H23N3O2. The Morgan fingerprint density at radius 2 is 2.05 bits per heavy atom. The van der Waals surface area contributed by atoms with Crippen LogP contribution < -0.4 is 5.32 Å². The SMILES string of the molecule is CC1CN(C(=O)NCCc2c[nH]c3ccccc23)CC(C)O1. The van der Waals surface area contributed by atoms with Crippen molar-refractivity contribution in [1.29, 1.82) is 0 Å². The summed E-state index contributed by atoms with van der Waals surface area (Å²) in [6, 6.07) is 8.23. The molecule has 1 aromatic carbocycles. The van der Waals surface area contributed by atoms with E-state index in [1.165, 1.54) is 10.9 Å². The van der Waals surface area contributed by atoms with Gasteiger partial charge >= 0.3 is 6.03 Å².